The number of rotatable bonds is 5. The molecule has 0 aliphatic rings. The van der Waals surface area contributed by atoms with Crippen molar-refractivity contribution < 1.29 is 14.3 Å². The number of carbonyl (C=O) groups excluding carboxylic acids is 1. The SMILES string of the molecule is C=C(C)C(CO)c1ccc(F)cc1C(=O)Nc1ccccc1Cl. The van der Waals surface area contributed by atoms with Gasteiger partial charge in [-0.05, 0) is 36.8 Å². The molecule has 1 unspecified atom stereocenters. The Hall–Kier alpha value is -2.17. The molecule has 0 fully saturated rings. The molecule has 0 spiro atoms. The van der Waals surface area contributed by atoms with Crippen LogP contribution in [0.25, 0.3) is 0 Å². The first-order valence-electron chi connectivity index (χ1n) is 7.05. The van der Waals surface area contributed by atoms with E-state index < -0.39 is 17.6 Å². The molecule has 2 rings (SSSR count). The van der Waals surface area contributed by atoms with Gasteiger partial charge in [0, 0.05) is 11.5 Å². The molecule has 3 nitrogen and oxygen atoms in total. The summed E-state index contributed by atoms with van der Waals surface area (Å²) < 4.78 is 13.6. The van der Waals surface area contributed by atoms with E-state index in [4.69, 9.17) is 11.6 Å². The Morgan fingerprint density at radius 3 is 2.65 bits per heavy atom. The Labute approximate surface area is 139 Å². The molecule has 2 aromatic rings. The number of hydrogen-bond acceptors (Lipinski definition) is 2. The van der Waals surface area contributed by atoms with Gasteiger partial charge in [-0.15, -0.1) is 0 Å². The highest BCUT2D eigenvalue weighted by Crippen LogP contribution is 2.28. The van der Waals surface area contributed by atoms with Gasteiger partial charge in [0.15, 0.2) is 0 Å². The molecule has 120 valence electrons. The van der Waals surface area contributed by atoms with E-state index in [1.807, 2.05) is 0 Å². The first kappa shape index (κ1) is 17.2. The maximum Gasteiger partial charge on any atom is 0.256 e. The van der Waals surface area contributed by atoms with Crippen LogP contribution in [0.4, 0.5) is 10.1 Å². The van der Waals surface area contributed by atoms with Crippen molar-refractivity contribution in [3.05, 3.63) is 76.6 Å². The van der Waals surface area contributed by atoms with Gasteiger partial charge >= 0.3 is 0 Å². The Bertz CT molecular complexity index is 746. The number of hydrogen-bond donors (Lipinski definition) is 2. The number of anilines is 1. The van der Waals surface area contributed by atoms with E-state index in [0.29, 0.717) is 21.8 Å². The lowest BCUT2D eigenvalue weighted by atomic mass is 9.89. The summed E-state index contributed by atoms with van der Waals surface area (Å²) in [4.78, 5) is 12.5. The maximum absolute atomic E-state index is 13.6. The van der Waals surface area contributed by atoms with Crippen LogP contribution in [0.5, 0.6) is 0 Å². The maximum atomic E-state index is 13.6. The molecule has 0 saturated heterocycles. The third kappa shape index (κ3) is 3.97. The zero-order valence-corrected chi connectivity index (χ0v) is 13.4. The molecule has 0 heterocycles. The average Bonchev–Trinajstić information content (AvgIpc) is 2.51. The molecule has 23 heavy (non-hydrogen) atoms. The molecule has 2 aromatic carbocycles. The quantitative estimate of drug-likeness (QED) is 0.797. The summed E-state index contributed by atoms with van der Waals surface area (Å²) in [5.41, 5.74) is 1.79. The van der Waals surface area contributed by atoms with Crippen LogP contribution in [0.1, 0.15) is 28.8 Å². The van der Waals surface area contributed by atoms with Gasteiger partial charge in [0.2, 0.25) is 0 Å². The fourth-order valence-corrected chi connectivity index (χ4v) is 2.48. The highest BCUT2D eigenvalue weighted by molar-refractivity contribution is 6.33. The molecule has 1 atom stereocenters. The number of halogens is 2. The van der Waals surface area contributed by atoms with E-state index in [-0.39, 0.29) is 12.2 Å². The summed E-state index contributed by atoms with van der Waals surface area (Å²) in [6.07, 6.45) is 0. The van der Waals surface area contributed by atoms with Gasteiger partial charge in [-0.25, -0.2) is 4.39 Å². The van der Waals surface area contributed by atoms with Crippen LogP contribution in [-0.4, -0.2) is 17.6 Å². The summed E-state index contributed by atoms with van der Waals surface area (Å²) in [6.45, 7) is 5.35. The van der Waals surface area contributed by atoms with E-state index in [2.05, 4.69) is 11.9 Å². The van der Waals surface area contributed by atoms with E-state index in [9.17, 15) is 14.3 Å². The summed E-state index contributed by atoms with van der Waals surface area (Å²) in [5, 5.41) is 12.6. The van der Waals surface area contributed by atoms with Gasteiger partial charge < -0.3 is 10.4 Å². The van der Waals surface area contributed by atoms with Gasteiger partial charge in [0.25, 0.3) is 5.91 Å². The van der Waals surface area contributed by atoms with Gasteiger partial charge in [-0.2, -0.15) is 0 Å². The lowest BCUT2D eigenvalue weighted by Gasteiger charge is -2.19. The minimum absolute atomic E-state index is 0.145. The van der Waals surface area contributed by atoms with E-state index in [0.717, 1.165) is 6.07 Å². The fraction of sp³-hybridized carbons (Fsp3) is 0.167. The van der Waals surface area contributed by atoms with Gasteiger partial charge in [0.05, 0.1) is 17.3 Å². The van der Waals surface area contributed by atoms with Crippen LogP contribution < -0.4 is 5.32 Å². The van der Waals surface area contributed by atoms with Gasteiger partial charge in [0.1, 0.15) is 5.82 Å². The number of aliphatic hydroxyl groups is 1. The zero-order valence-electron chi connectivity index (χ0n) is 12.6. The predicted octanol–water partition coefficient (Wildman–Crippen LogP) is 4.38. The minimum atomic E-state index is -0.531. The number of carbonyl (C=O) groups is 1. The van der Waals surface area contributed by atoms with Gasteiger partial charge in [-0.3, -0.25) is 4.79 Å². The normalized spacial score (nSPS) is 11.8. The lowest BCUT2D eigenvalue weighted by Crippen LogP contribution is -2.18. The Morgan fingerprint density at radius 2 is 2.04 bits per heavy atom. The second kappa shape index (κ2) is 7.40. The molecule has 0 aliphatic carbocycles. The summed E-state index contributed by atoms with van der Waals surface area (Å²) >= 11 is 6.02. The largest absolute Gasteiger partial charge is 0.395 e. The van der Waals surface area contributed by atoms with E-state index in [1.54, 1.807) is 31.2 Å². The third-order valence-corrected chi connectivity index (χ3v) is 3.86. The second-order valence-electron chi connectivity index (χ2n) is 5.25. The van der Waals surface area contributed by atoms with Crippen LogP contribution in [0.3, 0.4) is 0 Å². The first-order valence-corrected chi connectivity index (χ1v) is 7.43. The van der Waals surface area contributed by atoms with Crippen molar-refractivity contribution in [2.24, 2.45) is 0 Å². The highest BCUT2D eigenvalue weighted by atomic mass is 35.5. The number of nitrogens with one attached hydrogen (secondary N) is 1. The van der Waals surface area contributed by atoms with Crippen molar-refractivity contribution in [1.29, 1.82) is 0 Å². The number of aliphatic hydroxyl groups excluding tert-OH is 1. The topological polar surface area (TPSA) is 49.3 Å². The molecule has 0 saturated carbocycles. The Kier molecular flexibility index (Phi) is 5.53. The van der Waals surface area contributed by atoms with Crippen molar-refractivity contribution in [1.82, 2.24) is 0 Å². The average molecular weight is 334 g/mol. The van der Waals surface area contributed by atoms with E-state index >= 15 is 0 Å². The first-order chi connectivity index (χ1) is 10.9. The zero-order chi connectivity index (χ0) is 17.0. The van der Waals surface area contributed by atoms with Crippen molar-refractivity contribution in [3.8, 4) is 0 Å². The third-order valence-electron chi connectivity index (χ3n) is 3.53. The lowest BCUT2D eigenvalue weighted by molar-refractivity contribution is 0.102. The molecular weight excluding hydrogens is 317 g/mol. The standard InChI is InChI=1S/C18H17ClFNO2/c1-11(2)15(10-22)13-8-7-12(20)9-14(13)18(23)21-17-6-4-3-5-16(17)19/h3-9,15,22H,1,10H2,2H3,(H,21,23). The number of para-hydroxylation sites is 1. The molecule has 0 aromatic heterocycles. The minimum Gasteiger partial charge on any atom is -0.395 e. The molecule has 0 aliphatic heterocycles. The molecule has 2 N–H and O–H groups in total. The summed E-state index contributed by atoms with van der Waals surface area (Å²) in [6, 6.07) is 10.7. The van der Waals surface area contributed by atoms with Crippen LogP contribution >= 0.6 is 11.6 Å². The molecule has 0 bridgehead atoms. The predicted molar refractivity (Wildman–Crippen MR) is 90.4 cm³/mol. The van der Waals surface area contributed by atoms with Crippen molar-refractivity contribution in [2.75, 3.05) is 11.9 Å². The van der Waals surface area contributed by atoms with Crippen molar-refractivity contribution >= 4 is 23.2 Å². The van der Waals surface area contributed by atoms with Crippen LogP contribution in [0.15, 0.2) is 54.6 Å². The molecule has 1 amide bonds. The fourth-order valence-electron chi connectivity index (χ4n) is 2.30. The monoisotopic (exact) mass is 333 g/mol. The Balaban J connectivity index is 2.41. The van der Waals surface area contributed by atoms with E-state index in [1.165, 1.54) is 12.1 Å². The van der Waals surface area contributed by atoms with Crippen LogP contribution in [0.2, 0.25) is 5.02 Å². The van der Waals surface area contributed by atoms with Crippen molar-refractivity contribution in [3.63, 3.8) is 0 Å². The van der Waals surface area contributed by atoms with Crippen LogP contribution in [0, 0.1) is 5.82 Å². The summed E-state index contributed by atoms with van der Waals surface area (Å²) in [7, 11) is 0. The highest BCUT2D eigenvalue weighted by Gasteiger charge is 2.20. The molecule has 5 heteroatoms. The number of amides is 1. The Morgan fingerprint density at radius 1 is 1.35 bits per heavy atom. The summed E-state index contributed by atoms with van der Waals surface area (Å²) in [5.74, 6) is -1.47. The molecule has 0 radical (unpaired) electrons. The smallest absolute Gasteiger partial charge is 0.256 e. The van der Waals surface area contributed by atoms with Gasteiger partial charge in [-0.1, -0.05) is 42.0 Å². The van der Waals surface area contributed by atoms with Crippen molar-refractivity contribution in [2.45, 2.75) is 12.8 Å². The second-order valence-corrected chi connectivity index (χ2v) is 5.65. The molecular formula is C18H17ClFNO2. The van der Waals surface area contributed by atoms with Crippen LogP contribution in [-0.2, 0) is 0 Å². The number of benzene rings is 2.